The summed E-state index contributed by atoms with van der Waals surface area (Å²) in [7, 11) is 0. The van der Waals surface area contributed by atoms with Crippen molar-refractivity contribution in [3.05, 3.63) is 64.0 Å². The summed E-state index contributed by atoms with van der Waals surface area (Å²) in [5, 5.41) is 17.5. The molecule has 2 aromatic carbocycles. The first-order valence-corrected chi connectivity index (χ1v) is 10.5. The number of rotatable bonds is 6. The van der Waals surface area contributed by atoms with Crippen LogP contribution < -0.4 is 4.90 Å². The summed E-state index contributed by atoms with van der Waals surface area (Å²) in [5.74, 6) is -0.483. The van der Waals surface area contributed by atoms with Crippen molar-refractivity contribution in [3.8, 4) is 11.4 Å². The highest BCUT2D eigenvalue weighted by atomic mass is 35.5. The van der Waals surface area contributed by atoms with Crippen LogP contribution in [0.3, 0.4) is 0 Å². The predicted octanol–water partition coefficient (Wildman–Crippen LogP) is 4.18. The number of carbonyl (C=O) groups is 1. The molecule has 1 saturated heterocycles. The number of anilines is 1. The summed E-state index contributed by atoms with van der Waals surface area (Å²) in [5.41, 5.74) is 2.71. The van der Waals surface area contributed by atoms with E-state index in [1.807, 2.05) is 36.4 Å². The summed E-state index contributed by atoms with van der Waals surface area (Å²) in [6.07, 6.45) is 1.62. The summed E-state index contributed by atoms with van der Waals surface area (Å²) < 4.78 is 5.38. The number of morpholine rings is 1. The van der Waals surface area contributed by atoms with Gasteiger partial charge in [-0.2, -0.15) is 0 Å². The van der Waals surface area contributed by atoms with Crippen LogP contribution in [0.1, 0.15) is 5.56 Å². The van der Waals surface area contributed by atoms with Gasteiger partial charge in [0, 0.05) is 29.4 Å². The molecule has 0 radical (unpaired) electrons. The van der Waals surface area contributed by atoms with Crippen LogP contribution in [0.4, 0.5) is 5.69 Å². The lowest BCUT2D eigenvalue weighted by molar-refractivity contribution is -0.131. The average molecular weight is 443 g/mol. The first-order chi connectivity index (χ1) is 14.6. The zero-order chi connectivity index (χ0) is 20.9. The fourth-order valence-corrected chi connectivity index (χ4v) is 3.85. The molecule has 2 N–H and O–H groups in total. The van der Waals surface area contributed by atoms with E-state index >= 15 is 0 Å². The number of hydrogen-bond acceptors (Lipinski definition) is 6. The van der Waals surface area contributed by atoms with E-state index in [0.717, 1.165) is 54.9 Å². The summed E-state index contributed by atoms with van der Waals surface area (Å²) in [6, 6.07) is 15.0. The van der Waals surface area contributed by atoms with E-state index in [0.29, 0.717) is 16.0 Å². The largest absolute Gasteiger partial charge is 0.477 e. The van der Waals surface area contributed by atoms with Gasteiger partial charge in [-0.05, 0) is 59.8 Å². The van der Waals surface area contributed by atoms with Crippen molar-refractivity contribution in [2.24, 2.45) is 0 Å². The molecule has 0 atom stereocenters. The highest BCUT2D eigenvalue weighted by molar-refractivity contribution is 8.04. The molecule has 0 amide bonds. The number of aliphatic carboxylic acids is 1. The molecule has 1 aliphatic heterocycles. The van der Waals surface area contributed by atoms with E-state index < -0.39 is 5.97 Å². The number of nitrogens with one attached hydrogen (secondary N) is 1. The first kappa shape index (κ1) is 20.5. The molecule has 4 rings (SSSR count). The smallest absolute Gasteiger partial charge is 0.342 e. The summed E-state index contributed by atoms with van der Waals surface area (Å²) in [6.45, 7) is 3.14. The van der Waals surface area contributed by atoms with Crippen LogP contribution in [0.25, 0.3) is 17.5 Å². The van der Waals surface area contributed by atoms with E-state index in [4.69, 9.17) is 16.3 Å². The Morgan fingerprint density at radius 3 is 2.50 bits per heavy atom. The molecule has 3 aromatic rings. The number of benzene rings is 2. The van der Waals surface area contributed by atoms with Crippen LogP contribution in [0.2, 0.25) is 5.02 Å². The molecule has 0 spiro atoms. The van der Waals surface area contributed by atoms with Gasteiger partial charge in [0.2, 0.25) is 5.16 Å². The number of nitrogens with zero attached hydrogens (tertiary/aromatic N) is 3. The lowest BCUT2D eigenvalue weighted by Crippen LogP contribution is -2.36. The highest BCUT2D eigenvalue weighted by Crippen LogP contribution is 2.28. The SMILES string of the molecule is O=C(O)/C(=C\c1ccc(N2CCOCC2)cc1)Sc1n[nH]c(-c2ccc(Cl)cc2)n1. The fourth-order valence-electron chi connectivity index (χ4n) is 3.02. The third kappa shape index (κ3) is 5.02. The number of ether oxygens (including phenoxy) is 1. The Hall–Kier alpha value is -2.81. The summed E-state index contributed by atoms with van der Waals surface area (Å²) in [4.78, 5) is 18.5. The highest BCUT2D eigenvalue weighted by Gasteiger charge is 2.15. The topological polar surface area (TPSA) is 91.3 Å². The molecule has 1 fully saturated rings. The Labute approximate surface area is 182 Å². The molecule has 0 unspecified atom stereocenters. The molecule has 7 nitrogen and oxygen atoms in total. The molecule has 154 valence electrons. The van der Waals surface area contributed by atoms with Gasteiger partial charge in [-0.3, -0.25) is 5.10 Å². The minimum absolute atomic E-state index is 0.135. The number of carboxylic acids is 1. The lowest BCUT2D eigenvalue weighted by Gasteiger charge is -2.28. The van der Waals surface area contributed by atoms with Crippen molar-refractivity contribution >= 4 is 41.1 Å². The van der Waals surface area contributed by atoms with Gasteiger partial charge in [0.05, 0.1) is 13.2 Å². The lowest BCUT2D eigenvalue weighted by atomic mass is 10.1. The van der Waals surface area contributed by atoms with Gasteiger partial charge >= 0.3 is 5.97 Å². The van der Waals surface area contributed by atoms with Crippen molar-refractivity contribution in [3.63, 3.8) is 0 Å². The third-order valence-electron chi connectivity index (χ3n) is 4.56. The molecule has 30 heavy (non-hydrogen) atoms. The quantitative estimate of drug-likeness (QED) is 0.437. The standard InChI is InChI=1S/C21H19ClN4O3S/c22-16-5-3-15(4-6-16)19-23-21(25-24-19)30-18(20(27)28)13-14-1-7-17(8-2-14)26-9-11-29-12-10-26/h1-8,13H,9-12H2,(H,27,28)(H,23,24,25)/b18-13+. The molecular formula is C21H19ClN4O3S. The molecule has 9 heteroatoms. The number of hydrogen-bond donors (Lipinski definition) is 2. The second-order valence-electron chi connectivity index (χ2n) is 6.58. The van der Waals surface area contributed by atoms with Crippen LogP contribution in [0.15, 0.2) is 58.6 Å². The second-order valence-corrected chi connectivity index (χ2v) is 8.03. The van der Waals surface area contributed by atoms with Gasteiger partial charge in [0.1, 0.15) is 4.91 Å². The van der Waals surface area contributed by atoms with Gasteiger partial charge in [-0.1, -0.05) is 23.7 Å². The van der Waals surface area contributed by atoms with Crippen molar-refractivity contribution in [2.45, 2.75) is 5.16 Å². The van der Waals surface area contributed by atoms with Gasteiger partial charge in [-0.15, -0.1) is 5.10 Å². The van der Waals surface area contributed by atoms with E-state index in [-0.39, 0.29) is 4.91 Å². The van der Waals surface area contributed by atoms with Crippen molar-refractivity contribution in [2.75, 3.05) is 31.2 Å². The van der Waals surface area contributed by atoms with Gasteiger partial charge in [-0.25, -0.2) is 9.78 Å². The zero-order valence-electron chi connectivity index (χ0n) is 15.9. The number of aromatic nitrogens is 3. The van der Waals surface area contributed by atoms with Gasteiger partial charge in [0.25, 0.3) is 0 Å². The second kappa shape index (κ2) is 9.34. The van der Waals surface area contributed by atoms with Crippen LogP contribution in [0.5, 0.6) is 0 Å². The Kier molecular flexibility index (Phi) is 6.37. The Bertz CT molecular complexity index is 1040. The maximum Gasteiger partial charge on any atom is 0.342 e. The van der Waals surface area contributed by atoms with E-state index in [9.17, 15) is 9.90 Å². The Morgan fingerprint density at radius 1 is 1.13 bits per heavy atom. The maximum atomic E-state index is 11.7. The Morgan fingerprint density at radius 2 is 1.83 bits per heavy atom. The fraction of sp³-hybridized carbons (Fsp3) is 0.190. The van der Waals surface area contributed by atoms with Crippen molar-refractivity contribution < 1.29 is 14.6 Å². The van der Waals surface area contributed by atoms with E-state index in [1.54, 1.807) is 18.2 Å². The predicted molar refractivity (Wildman–Crippen MR) is 118 cm³/mol. The number of carboxylic acid groups (broad SMARTS) is 1. The number of H-pyrrole nitrogens is 1. The number of thioether (sulfide) groups is 1. The average Bonchev–Trinajstić information content (AvgIpc) is 3.23. The van der Waals surface area contributed by atoms with Gasteiger partial charge in [0.15, 0.2) is 5.82 Å². The third-order valence-corrected chi connectivity index (χ3v) is 5.69. The van der Waals surface area contributed by atoms with Crippen LogP contribution in [-0.2, 0) is 9.53 Å². The van der Waals surface area contributed by atoms with E-state index in [2.05, 4.69) is 20.1 Å². The molecule has 1 aliphatic rings. The van der Waals surface area contributed by atoms with Gasteiger partial charge < -0.3 is 14.7 Å². The molecule has 0 saturated carbocycles. The number of halogens is 1. The molecule has 2 heterocycles. The zero-order valence-corrected chi connectivity index (χ0v) is 17.5. The van der Waals surface area contributed by atoms with Crippen LogP contribution in [-0.4, -0.2) is 52.6 Å². The Balaban J connectivity index is 1.49. The van der Waals surface area contributed by atoms with E-state index in [1.165, 1.54) is 0 Å². The molecule has 0 bridgehead atoms. The van der Waals surface area contributed by atoms with Crippen molar-refractivity contribution in [1.82, 2.24) is 15.2 Å². The minimum Gasteiger partial charge on any atom is -0.477 e. The number of aromatic amines is 1. The monoisotopic (exact) mass is 442 g/mol. The summed E-state index contributed by atoms with van der Waals surface area (Å²) >= 11 is 6.91. The first-order valence-electron chi connectivity index (χ1n) is 9.32. The molecule has 0 aliphatic carbocycles. The molecule has 1 aromatic heterocycles. The molecular weight excluding hydrogens is 424 g/mol. The minimum atomic E-state index is -1.03. The maximum absolute atomic E-state index is 11.7. The van der Waals surface area contributed by atoms with Crippen LogP contribution >= 0.6 is 23.4 Å². The normalized spacial score (nSPS) is 14.7. The van der Waals surface area contributed by atoms with Crippen molar-refractivity contribution in [1.29, 1.82) is 0 Å². The van der Waals surface area contributed by atoms with Crippen LogP contribution in [0, 0.1) is 0 Å².